The number of likely N-dealkylation sites (tertiary alicyclic amines) is 1. The smallest absolute Gasteiger partial charge is 0.256 e. The van der Waals surface area contributed by atoms with Gasteiger partial charge in [0.15, 0.2) is 0 Å². The maximum atomic E-state index is 14.3. The molecule has 2 aliphatic carbocycles. The van der Waals surface area contributed by atoms with E-state index in [9.17, 15) is 9.18 Å². The van der Waals surface area contributed by atoms with Crippen molar-refractivity contribution in [3.8, 4) is 0 Å². The van der Waals surface area contributed by atoms with Crippen LogP contribution in [0.2, 0.25) is 0 Å². The number of carbonyl (C=O) groups excluding carboxylic acids is 1. The molecule has 0 aromatic heterocycles. The SMILES string of the molecule is Cc1ccc(C(=O)N2C[C@H]3C[C@@H](N(C)C)[C@H](OCC4CC4)C[C@H]3C2)c(F)c1. The fourth-order valence-electron chi connectivity index (χ4n) is 4.79. The van der Waals surface area contributed by atoms with Crippen molar-refractivity contribution in [1.29, 1.82) is 0 Å². The van der Waals surface area contributed by atoms with E-state index < -0.39 is 5.82 Å². The second kappa shape index (κ2) is 7.51. The summed E-state index contributed by atoms with van der Waals surface area (Å²) in [5.74, 6) is 1.13. The van der Waals surface area contributed by atoms with Crippen molar-refractivity contribution in [3.63, 3.8) is 0 Å². The van der Waals surface area contributed by atoms with Gasteiger partial charge < -0.3 is 14.5 Å². The van der Waals surface area contributed by atoms with Gasteiger partial charge in [-0.25, -0.2) is 4.39 Å². The summed E-state index contributed by atoms with van der Waals surface area (Å²) >= 11 is 0. The zero-order valence-electron chi connectivity index (χ0n) is 16.7. The molecule has 0 bridgehead atoms. The highest BCUT2D eigenvalue weighted by Gasteiger charge is 2.45. The highest BCUT2D eigenvalue weighted by atomic mass is 19.1. The van der Waals surface area contributed by atoms with E-state index >= 15 is 0 Å². The number of aryl methyl sites for hydroxylation is 1. The molecule has 0 unspecified atom stereocenters. The van der Waals surface area contributed by atoms with Crippen molar-refractivity contribution in [2.45, 2.75) is 44.8 Å². The molecule has 1 aromatic carbocycles. The first kappa shape index (κ1) is 18.9. The number of amides is 1. The van der Waals surface area contributed by atoms with E-state index in [1.165, 1.54) is 18.9 Å². The predicted octanol–water partition coefficient (Wildman–Crippen LogP) is 3.34. The largest absolute Gasteiger partial charge is 0.376 e. The zero-order valence-corrected chi connectivity index (χ0v) is 16.7. The Hall–Kier alpha value is -1.46. The Morgan fingerprint density at radius 1 is 1.22 bits per heavy atom. The van der Waals surface area contributed by atoms with Crippen molar-refractivity contribution in [1.82, 2.24) is 9.80 Å². The van der Waals surface area contributed by atoms with Gasteiger partial charge in [0, 0.05) is 25.7 Å². The molecule has 4 nitrogen and oxygen atoms in total. The maximum absolute atomic E-state index is 14.3. The lowest BCUT2D eigenvalue weighted by atomic mass is 9.77. The van der Waals surface area contributed by atoms with Gasteiger partial charge in [0.2, 0.25) is 0 Å². The molecule has 148 valence electrons. The second-order valence-electron chi connectivity index (χ2n) is 9.03. The fraction of sp³-hybridized carbons (Fsp3) is 0.682. The molecule has 4 rings (SSSR count). The molecule has 0 spiro atoms. The first-order valence-corrected chi connectivity index (χ1v) is 10.3. The number of halogens is 1. The molecule has 4 atom stereocenters. The van der Waals surface area contributed by atoms with Crippen LogP contribution in [0.5, 0.6) is 0 Å². The van der Waals surface area contributed by atoms with Crippen LogP contribution in [0.4, 0.5) is 4.39 Å². The standard InChI is InChI=1S/C22H31FN2O2/c1-14-4-7-18(19(23)8-14)22(26)25-11-16-9-20(24(2)3)21(10-17(16)12-25)27-13-15-5-6-15/h4,7-8,15-17,20-21H,5-6,9-13H2,1-3H3/t16-,17+,20-,21-/m1/s1. The summed E-state index contributed by atoms with van der Waals surface area (Å²) < 4.78 is 20.6. The lowest BCUT2D eigenvalue weighted by molar-refractivity contribution is -0.0493. The van der Waals surface area contributed by atoms with Crippen LogP contribution in [-0.4, -0.2) is 61.6 Å². The van der Waals surface area contributed by atoms with E-state index in [1.54, 1.807) is 6.07 Å². The fourth-order valence-corrected chi connectivity index (χ4v) is 4.79. The summed E-state index contributed by atoms with van der Waals surface area (Å²) in [7, 11) is 4.25. The van der Waals surface area contributed by atoms with Crippen molar-refractivity contribution < 1.29 is 13.9 Å². The van der Waals surface area contributed by atoms with Crippen molar-refractivity contribution >= 4 is 5.91 Å². The van der Waals surface area contributed by atoms with Gasteiger partial charge in [0.05, 0.1) is 11.7 Å². The summed E-state index contributed by atoms with van der Waals surface area (Å²) in [6, 6.07) is 5.28. The molecule has 1 saturated heterocycles. The van der Waals surface area contributed by atoms with Crippen LogP contribution >= 0.6 is 0 Å². The third kappa shape index (κ3) is 4.04. The number of rotatable bonds is 5. The van der Waals surface area contributed by atoms with E-state index in [4.69, 9.17) is 4.74 Å². The van der Waals surface area contributed by atoms with Crippen LogP contribution in [0.1, 0.15) is 41.6 Å². The summed E-state index contributed by atoms with van der Waals surface area (Å²) in [5.41, 5.74) is 1.04. The van der Waals surface area contributed by atoms with Gasteiger partial charge in [-0.3, -0.25) is 4.79 Å². The molecule has 5 heteroatoms. The average molecular weight is 375 g/mol. The Morgan fingerprint density at radius 3 is 2.56 bits per heavy atom. The number of benzene rings is 1. The maximum Gasteiger partial charge on any atom is 0.256 e. The van der Waals surface area contributed by atoms with Gasteiger partial charge >= 0.3 is 0 Å². The first-order chi connectivity index (χ1) is 12.9. The molecule has 1 aromatic rings. The predicted molar refractivity (Wildman–Crippen MR) is 103 cm³/mol. The van der Waals surface area contributed by atoms with Crippen LogP contribution < -0.4 is 0 Å². The van der Waals surface area contributed by atoms with Crippen LogP contribution in [-0.2, 0) is 4.74 Å². The Bertz CT molecular complexity index is 704. The zero-order chi connectivity index (χ0) is 19.1. The van der Waals surface area contributed by atoms with E-state index in [2.05, 4.69) is 19.0 Å². The Morgan fingerprint density at radius 2 is 1.93 bits per heavy atom. The molecule has 3 aliphatic rings. The van der Waals surface area contributed by atoms with E-state index in [-0.39, 0.29) is 17.6 Å². The molecule has 2 saturated carbocycles. The van der Waals surface area contributed by atoms with Gasteiger partial charge in [-0.05, 0) is 82.2 Å². The molecule has 1 amide bonds. The van der Waals surface area contributed by atoms with E-state index in [1.807, 2.05) is 17.9 Å². The topological polar surface area (TPSA) is 32.8 Å². The minimum Gasteiger partial charge on any atom is -0.376 e. The quantitative estimate of drug-likeness (QED) is 0.792. The molecular formula is C22H31FN2O2. The van der Waals surface area contributed by atoms with Crippen molar-refractivity contribution in [2.24, 2.45) is 17.8 Å². The van der Waals surface area contributed by atoms with Crippen LogP contribution in [0.3, 0.4) is 0 Å². The highest BCUT2D eigenvalue weighted by molar-refractivity contribution is 5.94. The van der Waals surface area contributed by atoms with Gasteiger partial charge in [0.1, 0.15) is 5.82 Å². The van der Waals surface area contributed by atoms with Crippen LogP contribution in [0.15, 0.2) is 18.2 Å². The Balaban J connectivity index is 1.44. The lowest BCUT2D eigenvalue weighted by Crippen LogP contribution is -2.48. The van der Waals surface area contributed by atoms with Gasteiger partial charge in [0.25, 0.3) is 5.91 Å². The van der Waals surface area contributed by atoms with Crippen molar-refractivity contribution in [2.75, 3.05) is 33.8 Å². The number of hydrogen-bond acceptors (Lipinski definition) is 3. The van der Waals surface area contributed by atoms with E-state index in [0.717, 1.165) is 44.0 Å². The minimum atomic E-state index is -0.410. The molecule has 1 heterocycles. The summed E-state index contributed by atoms with van der Waals surface area (Å²) in [5, 5.41) is 0. The number of likely N-dealkylation sites (N-methyl/N-ethyl adjacent to an activating group) is 1. The highest BCUT2D eigenvalue weighted by Crippen LogP contribution is 2.40. The molecule has 0 radical (unpaired) electrons. The number of carbonyl (C=O) groups is 1. The number of fused-ring (bicyclic) bond motifs is 1. The average Bonchev–Trinajstić information content (AvgIpc) is 3.35. The monoisotopic (exact) mass is 374 g/mol. The van der Waals surface area contributed by atoms with Crippen molar-refractivity contribution in [3.05, 3.63) is 35.1 Å². The number of nitrogens with zero attached hydrogens (tertiary/aromatic N) is 2. The number of ether oxygens (including phenoxy) is 1. The normalized spacial score (nSPS) is 30.6. The molecule has 0 N–H and O–H groups in total. The Kier molecular flexibility index (Phi) is 5.26. The van der Waals surface area contributed by atoms with E-state index in [0.29, 0.717) is 17.9 Å². The van der Waals surface area contributed by atoms with Gasteiger partial charge in [-0.1, -0.05) is 6.07 Å². The lowest BCUT2D eigenvalue weighted by Gasteiger charge is -2.41. The molecule has 27 heavy (non-hydrogen) atoms. The second-order valence-corrected chi connectivity index (χ2v) is 9.03. The minimum absolute atomic E-state index is 0.168. The van der Waals surface area contributed by atoms with Gasteiger partial charge in [-0.2, -0.15) is 0 Å². The first-order valence-electron chi connectivity index (χ1n) is 10.3. The summed E-state index contributed by atoms with van der Waals surface area (Å²) in [6.07, 6.45) is 4.90. The van der Waals surface area contributed by atoms with Crippen LogP contribution in [0.25, 0.3) is 0 Å². The molecular weight excluding hydrogens is 343 g/mol. The summed E-state index contributed by atoms with van der Waals surface area (Å²) in [4.78, 5) is 17.0. The number of hydrogen-bond donors (Lipinski definition) is 0. The third-order valence-electron chi connectivity index (χ3n) is 6.63. The summed E-state index contributed by atoms with van der Waals surface area (Å²) in [6.45, 7) is 4.17. The van der Waals surface area contributed by atoms with Crippen LogP contribution in [0, 0.1) is 30.5 Å². The third-order valence-corrected chi connectivity index (χ3v) is 6.63. The molecule has 1 aliphatic heterocycles. The molecule has 3 fully saturated rings. The Labute approximate surface area is 161 Å². The van der Waals surface area contributed by atoms with Gasteiger partial charge in [-0.15, -0.1) is 0 Å².